The van der Waals surface area contributed by atoms with Crippen LogP contribution in [-0.2, 0) is 21.2 Å². The van der Waals surface area contributed by atoms with Gasteiger partial charge in [0.2, 0.25) is 10.0 Å². The average molecular weight is 650 g/mol. The Hall–Kier alpha value is -2.69. The molecule has 0 radical (unpaired) electrons. The topological polar surface area (TPSA) is 97.8 Å². The number of allylic oxidation sites excluding steroid dienone is 1. The zero-order chi connectivity index (χ0) is 32.2. The van der Waals surface area contributed by atoms with Crippen LogP contribution >= 0.6 is 11.6 Å². The van der Waals surface area contributed by atoms with E-state index in [4.69, 9.17) is 21.1 Å². The van der Waals surface area contributed by atoms with Crippen molar-refractivity contribution in [3.05, 3.63) is 63.6 Å². The third kappa shape index (κ3) is 7.07. The summed E-state index contributed by atoms with van der Waals surface area (Å²) in [6, 6.07) is 6.60. The molecule has 3 heterocycles. The maximum atomic E-state index is 15.3. The highest BCUT2D eigenvalue weighted by Gasteiger charge is 2.37. The van der Waals surface area contributed by atoms with Gasteiger partial charge in [0.25, 0.3) is 5.91 Å². The molecule has 0 spiro atoms. The van der Waals surface area contributed by atoms with Gasteiger partial charge in [0.15, 0.2) is 11.6 Å². The lowest BCUT2D eigenvalue weighted by atomic mass is 9.78. The molecule has 0 fully saturated rings. The van der Waals surface area contributed by atoms with E-state index in [0.717, 1.165) is 30.4 Å². The van der Waals surface area contributed by atoms with Crippen LogP contribution < -0.4 is 14.4 Å². The molecule has 242 valence electrons. The largest absolute Gasteiger partial charge is 0.489 e. The van der Waals surface area contributed by atoms with Crippen molar-refractivity contribution >= 4 is 33.3 Å². The second-order valence-electron chi connectivity index (χ2n) is 12.1. The molecule has 2 aliphatic heterocycles. The summed E-state index contributed by atoms with van der Waals surface area (Å²) in [7, 11) is -2.24. The van der Waals surface area contributed by atoms with Gasteiger partial charge in [0.1, 0.15) is 11.5 Å². The standard InChI is InChI=1S/C33H45ClFN3O5S/c1-7-10-26-25(13-14-27(34)30(26)35)23-19-38-18-17-24(8-2)33(5,42-6)21(3)11-9-12-22(4)44(40,41)37-32(39)28-15-16-29(43-20-23)31(38)36-28/h11,13-16,22-24H,7-10,12,17-20H2,1-6H3,(H,37,39)/b21-11+. The third-order valence-electron chi connectivity index (χ3n) is 9.44. The number of sulfonamides is 1. The number of fused-ring (bicyclic) bond motifs is 1. The van der Waals surface area contributed by atoms with Crippen molar-refractivity contribution in [2.45, 2.75) is 89.9 Å². The Morgan fingerprint density at radius 1 is 1.23 bits per heavy atom. The Morgan fingerprint density at radius 3 is 2.66 bits per heavy atom. The lowest BCUT2D eigenvalue weighted by Crippen LogP contribution is -2.41. The van der Waals surface area contributed by atoms with Gasteiger partial charge in [0.05, 0.1) is 22.5 Å². The van der Waals surface area contributed by atoms with Crippen LogP contribution in [0.5, 0.6) is 5.75 Å². The van der Waals surface area contributed by atoms with Crippen LogP contribution in [0.15, 0.2) is 35.9 Å². The van der Waals surface area contributed by atoms with E-state index in [2.05, 4.69) is 28.5 Å². The Labute approximate surface area is 266 Å². The molecule has 1 aromatic heterocycles. The number of methoxy groups -OCH3 is 1. The number of hydrogen-bond donors (Lipinski definition) is 1. The molecule has 11 heteroatoms. The first kappa shape index (κ1) is 34.2. The van der Waals surface area contributed by atoms with Crippen molar-refractivity contribution in [3.8, 4) is 5.75 Å². The molecule has 0 saturated heterocycles. The highest BCUT2D eigenvalue weighted by atomic mass is 35.5. The van der Waals surface area contributed by atoms with E-state index in [1.165, 1.54) is 6.07 Å². The second kappa shape index (κ2) is 14.2. The number of carbonyl (C=O) groups is 1. The van der Waals surface area contributed by atoms with Gasteiger partial charge in [-0.25, -0.2) is 22.5 Å². The van der Waals surface area contributed by atoms with Crippen LogP contribution in [0.4, 0.5) is 10.2 Å². The van der Waals surface area contributed by atoms with E-state index in [1.54, 1.807) is 26.2 Å². The summed E-state index contributed by atoms with van der Waals surface area (Å²) >= 11 is 6.18. The zero-order valence-corrected chi connectivity index (χ0v) is 28.2. The normalized spacial score (nSPS) is 27.5. The fourth-order valence-electron chi connectivity index (χ4n) is 6.38. The first-order chi connectivity index (χ1) is 20.9. The first-order valence-corrected chi connectivity index (χ1v) is 17.4. The minimum atomic E-state index is -3.95. The van der Waals surface area contributed by atoms with E-state index in [9.17, 15) is 13.2 Å². The molecule has 4 atom stereocenters. The van der Waals surface area contributed by atoms with Gasteiger partial charge < -0.3 is 14.4 Å². The van der Waals surface area contributed by atoms with Gasteiger partial charge in [-0.3, -0.25) is 4.79 Å². The minimum absolute atomic E-state index is 0.0209. The number of amides is 1. The lowest BCUT2D eigenvalue weighted by Gasteiger charge is -2.39. The highest BCUT2D eigenvalue weighted by molar-refractivity contribution is 7.90. The summed E-state index contributed by atoms with van der Waals surface area (Å²) in [5, 5.41) is -0.702. The van der Waals surface area contributed by atoms with Gasteiger partial charge in [-0.15, -0.1) is 0 Å². The molecule has 4 unspecified atom stereocenters. The summed E-state index contributed by atoms with van der Waals surface area (Å²) in [5.74, 6) is -0.354. The predicted octanol–water partition coefficient (Wildman–Crippen LogP) is 6.82. The number of carbonyl (C=O) groups excluding carboxylic acids is 1. The Morgan fingerprint density at radius 2 is 1.98 bits per heavy atom. The molecule has 2 aromatic rings. The van der Waals surface area contributed by atoms with E-state index < -0.39 is 32.6 Å². The molecule has 0 saturated carbocycles. The monoisotopic (exact) mass is 649 g/mol. The van der Waals surface area contributed by atoms with Gasteiger partial charge in [-0.2, -0.15) is 0 Å². The summed E-state index contributed by atoms with van der Waals surface area (Å²) in [5.41, 5.74) is 1.86. The van der Waals surface area contributed by atoms with Crippen LogP contribution in [0.2, 0.25) is 5.02 Å². The quantitative estimate of drug-likeness (QED) is 0.355. The van der Waals surface area contributed by atoms with Crippen molar-refractivity contribution in [2.75, 3.05) is 31.7 Å². The predicted molar refractivity (Wildman–Crippen MR) is 173 cm³/mol. The highest BCUT2D eigenvalue weighted by Crippen LogP contribution is 2.39. The third-order valence-corrected chi connectivity index (χ3v) is 11.5. The number of aromatic nitrogens is 1. The number of halogens is 2. The Bertz CT molecular complexity index is 1500. The number of pyridine rings is 1. The lowest BCUT2D eigenvalue weighted by molar-refractivity contribution is -0.0165. The fourth-order valence-corrected chi connectivity index (χ4v) is 7.57. The number of benzene rings is 1. The van der Waals surface area contributed by atoms with Crippen LogP contribution in [0.3, 0.4) is 0 Å². The molecule has 1 aromatic carbocycles. The molecule has 0 aliphatic carbocycles. The smallest absolute Gasteiger partial charge is 0.283 e. The SMILES string of the molecule is CCCc1c(C2COc3ccc4nc3N(CCC(CC)C(C)(OC)/C(C)=C/CCC(C)S(=O)(=O)NC4=O)C2)ccc(Cl)c1F. The van der Waals surface area contributed by atoms with Crippen molar-refractivity contribution in [3.63, 3.8) is 0 Å². The van der Waals surface area contributed by atoms with Crippen molar-refractivity contribution in [1.29, 1.82) is 0 Å². The van der Waals surface area contributed by atoms with Crippen molar-refractivity contribution in [1.82, 2.24) is 9.71 Å². The van der Waals surface area contributed by atoms with E-state index in [0.29, 0.717) is 49.5 Å². The van der Waals surface area contributed by atoms with Crippen LogP contribution in [-0.4, -0.2) is 57.0 Å². The Balaban J connectivity index is 1.82. The molecule has 8 nitrogen and oxygen atoms in total. The molecular weight excluding hydrogens is 605 g/mol. The van der Waals surface area contributed by atoms with Gasteiger partial charge in [-0.1, -0.05) is 50.4 Å². The molecule has 1 amide bonds. The summed E-state index contributed by atoms with van der Waals surface area (Å²) in [6.45, 7) is 11.1. The number of hydrogen-bond acceptors (Lipinski definition) is 7. The molecule has 2 aliphatic rings. The summed E-state index contributed by atoms with van der Waals surface area (Å²) in [4.78, 5) is 19.9. The van der Waals surface area contributed by atoms with Gasteiger partial charge in [0, 0.05) is 26.1 Å². The summed E-state index contributed by atoms with van der Waals surface area (Å²) in [6.07, 6.45) is 5.81. The Kier molecular flexibility index (Phi) is 11.0. The molecule has 2 bridgehead atoms. The van der Waals surface area contributed by atoms with Gasteiger partial charge >= 0.3 is 0 Å². The zero-order valence-electron chi connectivity index (χ0n) is 26.6. The first-order valence-electron chi connectivity index (χ1n) is 15.5. The van der Waals surface area contributed by atoms with E-state index >= 15 is 4.39 Å². The van der Waals surface area contributed by atoms with Crippen LogP contribution in [0.25, 0.3) is 0 Å². The molecular formula is C33H45ClFN3O5S. The van der Waals surface area contributed by atoms with Crippen molar-refractivity contribution in [2.24, 2.45) is 5.92 Å². The average Bonchev–Trinajstić information content (AvgIpc) is 3.18. The maximum absolute atomic E-state index is 15.3. The number of anilines is 1. The van der Waals surface area contributed by atoms with E-state index in [1.807, 2.05) is 26.0 Å². The van der Waals surface area contributed by atoms with Crippen molar-refractivity contribution < 1.29 is 27.1 Å². The summed E-state index contributed by atoms with van der Waals surface area (Å²) < 4.78 is 56.1. The number of nitrogens with zero attached hydrogens (tertiary/aromatic N) is 2. The molecule has 44 heavy (non-hydrogen) atoms. The van der Waals surface area contributed by atoms with Crippen LogP contribution in [0, 0.1) is 11.7 Å². The van der Waals surface area contributed by atoms with Gasteiger partial charge in [-0.05, 0) is 87.3 Å². The number of nitrogens with one attached hydrogen (secondary N) is 1. The molecule has 1 N–H and O–H groups in total. The fraction of sp³-hybridized carbons (Fsp3) is 0.576. The number of ether oxygens (including phenoxy) is 2. The van der Waals surface area contributed by atoms with Crippen LogP contribution in [0.1, 0.15) is 94.3 Å². The maximum Gasteiger partial charge on any atom is 0.283 e. The minimum Gasteiger partial charge on any atom is -0.489 e. The van der Waals surface area contributed by atoms with E-state index in [-0.39, 0.29) is 29.2 Å². The second-order valence-corrected chi connectivity index (χ2v) is 14.6. The number of rotatable bonds is 5. The molecule has 4 rings (SSSR count).